The Morgan fingerprint density at radius 2 is 1.90 bits per heavy atom. The van der Waals surface area contributed by atoms with Gasteiger partial charge in [-0.1, -0.05) is 30.3 Å². The fraction of sp³-hybridized carbons (Fsp3) is 0.381. The van der Waals surface area contributed by atoms with Crippen LogP contribution in [0.2, 0.25) is 0 Å². The van der Waals surface area contributed by atoms with Gasteiger partial charge in [-0.25, -0.2) is 4.79 Å². The van der Waals surface area contributed by atoms with Gasteiger partial charge >= 0.3 is 12.6 Å². The highest BCUT2D eigenvalue weighted by Gasteiger charge is 2.26. The second-order valence-electron chi connectivity index (χ2n) is 6.65. The van der Waals surface area contributed by atoms with Crippen LogP contribution in [0.3, 0.4) is 0 Å². The number of carbonyl (C=O) groups excluding carboxylic acids is 1. The van der Waals surface area contributed by atoms with Crippen LogP contribution in [0.4, 0.5) is 19.3 Å². The number of nitrogens with zero attached hydrogens (tertiary/aromatic N) is 1. The monoisotopic (exact) mass is 405 g/mol. The van der Waals surface area contributed by atoms with E-state index < -0.39 is 6.61 Å². The van der Waals surface area contributed by atoms with Crippen molar-refractivity contribution in [2.24, 2.45) is 0 Å². The Bertz CT molecular complexity index is 819. The van der Waals surface area contributed by atoms with Crippen molar-refractivity contribution >= 4 is 11.7 Å². The number of amides is 2. The summed E-state index contributed by atoms with van der Waals surface area (Å²) in [7, 11) is 0. The van der Waals surface area contributed by atoms with Crippen molar-refractivity contribution in [3.63, 3.8) is 0 Å². The normalized spacial score (nSPS) is 16.0. The fourth-order valence-corrected chi connectivity index (χ4v) is 3.37. The topological polar surface area (TPSA) is 62.8 Å². The van der Waals surface area contributed by atoms with Gasteiger partial charge in [0, 0.05) is 31.2 Å². The Kier molecular flexibility index (Phi) is 7.10. The van der Waals surface area contributed by atoms with Crippen molar-refractivity contribution in [2.45, 2.75) is 32.5 Å². The second kappa shape index (κ2) is 9.95. The first-order chi connectivity index (χ1) is 14.1. The van der Waals surface area contributed by atoms with E-state index in [2.05, 4.69) is 15.4 Å². The van der Waals surface area contributed by atoms with Gasteiger partial charge in [0.05, 0.1) is 12.3 Å². The van der Waals surface area contributed by atoms with E-state index in [4.69, 9.17) is 4.74 Å². The number of hydrogen-bond donors (Lipinski definition) is 2. The molecule has 2 amide bonds. The Morgan fingerprint density at radius 1 is 1.17 bits per heavy atom. The third-order valence-electron chi connectivity index (χ3n) is 4.66. The number of anilines is 1. The molecule has 0 saturated carbocycles. The second-order valence-corrected chi connectivity index (χ2v) is 6.65. The third-order valence-corrected chi connectivity index (χ3v) is 4.66. The molecule has 6 nitrogen and oxygen atoms in total. The number of hydrogen-bond acceptors (Lipinski definition) is 4. The number of benzene rings is 2. The molecule has 0 aromatic heterocycles. The molecule has 1 fully saturated rings. The average Bonchev–Trinajstić information content (AvgIpc) is 3.16. The van der Waals surface area contributed by atoms with Gasteiger partial charge in [-0.05, 0) is 31.5 Å². The zero-order chi connectivity index (χ0) is 20.6. The molecule has 2 aromatic carbocycles. The quantitative estimate of drug-likeness (QED) is 0.702. The number of carbonyl (C=O) groups is 1. The fourth-order valence-electron chi connectivity index (χ4n) is 3.37. The van der Waals surface area contributed by atoms with Gasteiger partial charge < -0.3 is 25.0 Å². The van der Waals surface area contributed by atoms with Gasteiger partial charge in [0.2, 0.25) is 0 Å². The lowest BCUT2D eigenvalue weighted by Gasteiger charge is -2.22. The minimum atomic E-state index is -2.88. The summed E-state index contributed by atoms with van der Waals surface area (Å²) in [6, 6.07) is 13.9. The molecule has 0 bridgehead atoms. The summed E-state index contributed by atoms with van der Waals surface area (Å²) in [5.41, 5.74) is 1.50. The number of alkyl halides is 2. The zero-order valence-electron chi connectivity index (χ0n) is 16.2. The van der Waals surface area contributed by atoms with Gasteiger partial charge in [-0.3, -0.25) is 0 Å². The first kappa shape index (κ1) is 20.7. The van der Waals surface area contributed by atoms with E-state index in [0.717, 1.165) is 11.3 Å². The lowest BCUT2D eigenvalue weighted by atomic mass is 10.2. The van der Waals surface area contributed by atoms with Crippen LogP contribution in [-0.2, 0) is 6.54 Å². The lowest BCUT2D eigenvalue weighted by molar-refractivity contribution is -0.0495. The van der Waals surface area contributed by atoms with Gasteiger partial charge in [0.25, 0.3) is 0 Å². The molecule has 1 atom stereocenters. The van der Waals surface area contributed by atoms with Crippen LogP contribution >= 0.6 is 0 Å². The number of rotatable bonds is 8. The molecule has 1 unspecified atom stereocenters. The average molecular weight is 405 g/mol. The van der Waals surface area contributed by atoms with E-state index in [1.807, 2.05) is 36.1 Å². The minimum Gasteiger partial charge on any atom is -0.494 e. The molecular formula is C21H25F2N3O3. The smallest absolute Gasteiger partial charge is 0.387 e. The van der Waals surface area contributed by atoms with Crippen LogP contribution in [0.1, 0.15) is 18.9 Å². The molecule has 1 heterocycles. The Balaban J connectivity index is 1.52. The molecule has 3 rings (SSSR count). The molecule has 2 N–H and O–H groups in total. The molecular weight excluding hydrogens is 380 g/mol. The standard InChI is InChI=1S/C21H25F2N3O3/c1-2-28-18-9-5-3-7-15(18)13-24-21(27)25-16-11-12-26(14-16)17-8-4-6-10-19(17)29-20(22)23/h3-10,16,20H,2,11-14H2,1H3,(H2,24,25,27). The summed E-state index contributed by atoms with van der Waals surface area (Å²) in [5.74, 6) is 0.887. The Labute approximate surface area is 168 Å². The van der Waals surface area contributed by atoms with E-state index in [9.17, 15) is 13.6 Å². The molecule has 1 saturated heterocycles. The summed E-state index contributed by atoms with van der Waals surface area (Å²) in [4.78, 5) is 14.2. The first-order valence-corrected chi connectivity index (χ1v) is 9.60. The molecule has 8 heteroatoms. The molecule has 29 heavy (non-hydrogen) atoms. The van der Waals surface area contributed by atoms with Gasteiger partial charge in [0.15, 0.2) is 0 Å². The largest absolute Gasteiger partial charge is 0.494 e. The van der Waals surface area contributed by atoms with Crippen molar-refractivity contribution in [2.75, 3.05) is 24.6 Å². The van der Waals surface area contributed by atoms with Crippen LogP contribution in [0, 0.1) is 0 Å². The van der Waals surface area contributed by atoms with E-state index in [1.54, 1.807) is 18.2 Å². The first-order valence-electron chi connectivity index (χ1n) is 9.60. The molecule has 1 aliphatic heterocycles. The maximum absolute atomic E-state index is 12.6. The molecule has 0 radical (unpaired) electrons. The summed E-state index contributed by atoms with van der Waals surface area (Å²) >= 11 is 0. The van der Waals surface area contributed by atoms with E-state index in [-0.39, 0.29) is 17.8 Å². The van der Waals surface area contributed by atoms with Crippen molar-refractivity contribution < 1.29 is 23.0 Å². The predicted octanol–water partition coefficient (Wildman–Crippen LogP) is 3.76. The van der Waals surface area contributed by atoms with Crippen LogP contribution in [0.5, 0.6) is 11.5 Å². The maximum Gasteiger partial charge on any atom is 0.387 e. The molecule has 0 spiro atoms. The SMILES string of the molecule is CCOc1ccccc1CNC(=O)NC1CCN(c2ccccc2OC(F)F)C1. The van der Waals surface area contributed by atoms with E-state index >= 15 is 0 Å². The highest BCUT2D eigenvalue weighted by molar-refractivity contribution is 5.74. The van der Waals surface area contributed by atoms with E-state index in [1.165, 1.54) is 6.07 Å². The molecule has 1 aliphatic rings. The van der Waals surface area contributed by atoms with Crippen LogP contribution in [-0.4, -0.2) is 38.4 Å². The Hall–Kier alpha value is -3.03. The predicted molar refractivity (Wildman–Crippen MR) is 107 cm³/mol. The molecule has 156 valence electrons. The molecule has 2 aromatic rings. The van der Waals surface area contributed by atoms with Crippen LogP contribution < -0.4 is 25.0 Å². The highest BCUT2D eigenvalue weighted by Crippen LogP contribution is 2.31. The minimum absolute atomic E-state index is 0.0864. The number of ether oxygens (including phenoxy) is 2. The Morgan fingerprint density at radius 3 is 2.66 bits per heavy atom. The summed E-state index contributed by atoms with van der Waals surface area (Å²) in [6.45, 7) is 1.10. The van der Waals surface area contributed by atoms with Crippen molar-refractivity contribution in [3.8, 4) is 11.5 Å². The summed E-state index contributed by atoms with van der Waals surface area (Å²) in [5, 5.41) is 5.78. The van der Waals surface area contributed by atoms with Crippen molar-refractivity contribution in [3.05, 3.63) is 54.1 Å². The maximum atomic E-state index is 12.6. The zero-order valence-corrected chi connectivity index (χ0v) is 16.2. The van der Waals surface area contributed by atoms with Gasteiger partial charge in [0.1, 0.15) is 11.5 Å². The van der Waals surface area contributed by atoms with E-state index in [0.29, 0.717) is 38.3 Å². The lowest BCUT2D eigenvalue weighted by Crippen LogP contribution is -2.43. The third kappa shape index (κ3) is 5.73. The number of halogens is 2. The summed E-state index contributed by atoms with van der Waals surface area (Å²) < 4.78 is 35.4. The van der Waals surface area contributed by atoms with Crippen molar-refractivity contribution in [1.82, 2.24) is 10.6 Å². The number of urea groups is 1. The van der Waals surface area contributed by atoms with Gasteiger partial charge in [-0.15, -0.1) is 0 Å². The highest BCUT2D eigenvalue weighted by atomic mass is 19.3. The van der Waals surface area contributed by atoms with Crippen LogP contribution in [0.25, 0.3) is 0 Å². The number of para-hydroxylation sites is 3. The number of nitrogens with one attached hydrogen (secondary N) is 2. The van der Waals surface area contributed by atoms with Crippen molar-refractivity contribution in [1.29, 1.82) is 0 Å². The summed E-state index contributed by atoms with van der Waals surface area (Å²) in [6.07, 6.45) is 0.714. The molecule has 0 aliphatic carbocycles. The van der Waals surface area contributed by atoms with Gasteiger partial charge in [-0.2, -0.15) is 8.78 Å². The van der Waals surface area contributed by atoms with Crippen LogP contribution in [0.15, 0.2) is 48.5 Å².